The molecule has 112 valence electrons. The summed E-state index contributed by atoms with van der Waals surface area (Å²) in [7, 11) is 0. The fourth-order valence-electron chi connectivity index (χ4n) is 3.78. The molecule has 2 aliphatic rings. The fourth-order valence-corrected chi connectivity index (χ4v) is 3.78. The van der Waals surface area contributed by atoms with Gasteiger partial charge in [-0.05, 0) is 58.8 Å². The van der Waals surface area contributed by atoms with Gasteiger partial charge in [0, 0.05) is 29.9 Å². The average molecular weight is 276 g/mol. The number of aromatic nitrogens is 2. The zero-order chi connectivity index (χ0) is 14.0. The molecular weight excluding hydrogens is 248 g/mol. The lowest BCUT2D eigenvalue weighted by Crippen LogP contribution is -2.39. The van der Waals surface area contributed by atoms with Crippen LogP contribution in [0.2, 0.25) is 0 Å². The average Bonchev–Trinajstić information content (AvgIpc) is 3.10. The van der Waals surface area contributed by atoms with Crippen molar-refractivity contribution < 1.29 is 0 Å². The van der Waals surface area contributed by atoms with Gasteiger partial charge in [-0.15, -0.1) is 0 Å². The molecule has 0 radical (unpaired) electrons. The predicted molar refractivity (Wildman–Crippen MR) is 82.1 cm³/mol. The maximum atomic E-state index is 4.46. The van der Waals surface area contributed by atoms with Gasteiger partial charge in [-0.25, -0.2) is 4.98 Å². The second-order valence-electron chi connectivity index (χ2n) is 6.85. The van der Waals surface area contributed by atoms with Crippen molar-refractivity contribution in [2.45, 2.75) is 51.0 Å². The van der Waals surface area contributed by atoms with Crippen molar-refractivity contribution in [2.75, 3.05) is 32.7 Å². The third-order valence-corrected chi connectivity index (χ3v) is 5.19. The first-order valence-corrected chi connectivity index (χ1v) is 8.14. The molecule has 3 heterocycles. The zero-order valence-electron chi connectivity index (χ0n) is 12.9. The van der Waals surface area contributed by atoms with Crippen molar-refractivity contribution in [3.63, 3.8) is 0 Å². The van der Waals surface area contributed by atoms with Crippen molar-refractivity contribution in [2.24, 2.45) is 0 Å². The lowest BCUT2D eigenvalue weighted by atomic mass is 9.78. The highest BCUT2D eigenvalue weighted by Gasteiger charge is 2.32. The maximum Gasteiger partial charge on any atom is 0.0951 e. The molecule has 3 rings (SSSR count). The lowest BCUT2D eigenvalue weighted by molar-refractivity contribution is 0.265. The summed E-state index contributed by atoms with van der Waals surface area (Å²) in [6.07, 6.45) is 9.32. The molecule has 2 aliphatic heterocycles. The standard InChI is InChI=1S/C16H28N4/c1-14(12-19-9-3-4-10-19)20-13-18-11-15(20)16(2)5-7-17-8-6-16/h11,13-14,17H,3-10,12H2,1-2H3. The van der Waals surface area contributed by atoms with E-state index in [0.717, 1.165) is 19.6 Å². The van der Waals surface area contributed by atoms with E-state index in [0.29, 0.717) is 11.5 Å². The van der Waals surface area contributed by atoms with E-state index in [9.17, 15) is 0 Å². The molecule has 1 atom stereocenters. The van der Waals surface area contributed by atoms with Gasteiger partial charge < -0.3 is 14.8 Å². The Bertz CT molecular complexity index is 427. The molecule has 0 spiro atoms. The van der Waals surface area contributed by atoms with E-state index in [1.54, 1.807) is 0 Å². The van der Waals surface area contributed by atoms with E-state index in [1.165, 1.54) is 44.5 Å². The third kappa shape index (κ3) is 2.77. The largest absolute Gasteiger partial charge is 0.330 e. The van der Waals surface area contributed by atoms with Crippen LogP contribution < -0.4 is 5.32 Å². The number of likely N-dealkylation sites (tertiary alicyclic amines) is 1. The highest BCUT2D eigenvalue weighted by molar-refractivity contribution is 5.16. The van der Waals surface area contributed by atoms with Crippen LogP contribution in [0.4, 0.5) is 0 Å². The summed E-state index contributed by atoms with van der Waals surface area (Å²) in [6.45, 7) is 10.7. The number of hydrogen-bond donors (Lipinski definition) is 1. The molecule has 20 heavy (non-hydrogen) atoms. The van der Waals surface area contributed by atoms with Crippen LogP contribution in [0.25, 0.3) is 0 Å². The summed E-state index contributed by atoms with van der Waals surface area (Å²) in [5.74, 6) is 0. The summed E-state index contributed by atoms with van der Waals surface area (Å²) >= 11 is 0. The van der Waals surface area contributed by atoms with Gasteiger partial charge in [0.15, 0.2) is 0 Å². The Morgan fingerprint density at radius 1 is 1.30 bits per heavy atom. The molecule has 0 aliphatic carbocycles. The van der Waals surface area contributed by atoms with E-state index in [4.69, 9.17) is 0 Å². The Morgan fingerprint density at radius 3 is 2.70 bits per heavy atom. The summed E-state index contributed by atoms with van der Waals surface area (Å²) in [5, 5.41) is 3.47. The molecule has 0 bridgehead atoms. The topological polar surface area (TPSA) is 33.1 Å². The lowest BCUT2D eigenvalue weighted by Gasteiger charge is -2.36. The molecule has 1 aromatic rings. The van der Waals surface area contributed by atoms with Gasteiger partial charge >= 0.3 is 0 Å². The first-order valence-electron chi connectivity index (χ1n) is 8.14. The van der Waals surface area contributed by atoms with Gasteiger partial charge in [-0.1, -0.05) is 6.92 Å². The number of imidazole rings is 1. The van der Waals surface area contributed by atoms with Gasteiger partial charge in [0.05, 0.1) is 6.33 Å². The molecule has 1 unspecified atom stereocenters. The van der Waals surface area contributed by atoms with E-state index >= 15 is 0 Å². The second-order valence-corrected chi connectivity index (χ2v) is 6.85. The number of nitrogens with zero attached hydrogens (tertiary/aromatic N) is 3. The summed E-state index contributed by atoms with van der Waals surface area (Å²) in [4.78, 5) is 7.06. The van der Waals surface area contributed by atoms with Crippen molar-refractivity contribution in [1.82, 2.24) is 19.8 Å². The van der Waals surface area contributed by atoms with E-state index in [1.807, 2.05) is 6.33 Å². The van der Waals surface area contributed by atoms with E-state index in [2.05, 4.69) is 39.8 Å². The molecule has 0 saturated carbocycles. The molecule has 0 aromatic carbocycles. The predicted octanol–water partition coefficient (Wildman–Crippen LogP) is 2.18. The highest BCUT2D eigenvalue weighted by Crippen LogP contribution is 2.34. The Hall–Kier alpha value is -0.870. The van der Waals surface area contributed by atoms with Gasteiger partial charge in [-0.2, -0.15) is 0 Å². The SMILES string of the molecule is CC(CN1CCCC1)n1cncc1C1(C)CCNCC1. The Labute approximate surface area is 122 Å². The molecule has 2 fully saturated rings. The number of rotatable bonds is 4. The fraction of sp³-hybridized carbons (Fsp3) is 0.812. The van der Waals surface area contributed by atoms with Crippen LogP contribution in [0.1, 0.15) is 51.3 Å². The van der Waals surface area contributed by atoms with Crippen molar-refractivity contribution in [3.05, 3.63) is 18.2 Å². The van der Waals surface area contributed by atoms with Gasteiger partial charge in [0.25, 0.3) is 0 Å². The van der Waals surface area contributed by atoms with E-state index < -0.39 is 0 Å². The molecule has 1 N–H and O–H groups in total. The van der Waals surface area contributed by atoms with Gasteiger partial charge in [0.2, 0.25) is 0 Å². The van der Waals surface area contributed by atoms with Crippen LogP contribution >= 0.6 is 0 Å². The van der Waals surface area contributed by atoms with Crippen LogP contribution in [0.3, 0.4) is 0 Å². The Morgan fingerprint density at radius 2 is 2.00 bits per heavy atom. The number of piperidine rings is 1. The van der Waals surface area contributed by atoms with Crippen molar-refractivity contribution in [3.8, 4) is 0 Å². The highest BCUT2D eigenvalue weighted by atomic mass is 15.2. The Kier molecular flexibility index (Phi) is 4.13. The van der Waals surface area contributed by atoms with Crippen LogP contribution in [0.5, 0.6) is 0 Å². The minimum atomic E-state index is 0.293. The summed E-state index contributed by atoms with van der Waals surface area (Å²) in [5.41, 5.74) is 1.73. The molecule has 4 nitrogen and oxygen atoms in total. The zero-order valence-corrected chi connectivity index (χ0v) is 12.9. The smallest absolute Gasteiger partial charge is 0.0951 e. The summed E-state index contributed by atoms with van der Waals surface area (Å²) < 4.78 is 2.43. The van der Waals surface area contributed by atoms with Crippen molar-refractivity contribution >= 4 is 0 Å². The quantitative estimate of drug-likeness (QED) is 0.915. The third-order valence-electron chi connectivity index (χ3n) is 5.19. The molecule has 1 aromatic heterocycles. The minimum absolute atomic E-state index is 0.293. The van der Waals surface area contributed by atoms with Gasteiger partial charge in [0.1, 0.15) is 0 Å². The monoisotopic (exact) mass is 276 g/mol. The minimum Gasteiger partial charge on any atom is -0.330 e. The maximum absolute atomic E-state index is 4.46. The first kappa shape index (κ1) is 14.1. The van der Waals surface area contributed by atoms with E-state index in [-0.39, 0.29) is 0 Å². The first-order chi connectivity index (χ1) is 9.69. The van der Waals surface area contributed by atoms with Gasteiger partial charge in [-0.3, -0.25) is 0 Å². The Balaban J connectivity index is 1.74. The van der Waals surface area contributed by atoms with Crippen LogP contribution in [0.15, 0.2) is 12.5 Å². The second kappa shape index (κ2) is 5.86. The number of hydrogen-bond acceptors (Lipinski definition) is 3. The molecular formula is C16H28N4. The van der Waals surface area contributed by atoms with Crippen LogP contribution in [-0.2, 0) is 5.41 Å². The number of nitrogens with one attached hydrogen (secondary N) is 1. The van der Waals surface area contributed by atoms with Crippen LogP contribution in [-0.4, -0.2) is 47.2 Å². The normalized spacial score (nSPS) is 24.9. The molecule has 4 heteroatoms. The summed E-state index contributed by atoms with van der Waals surface area (Å²) in [6, 6.07) is 0.525. The van der Waals surface area contributed by atoms with Crippen LogP contribution in [0, 0.1) is 0 Å². The molecule has 2 saturated heterocycles. The molecule has 0 amide bonds. The van der Waals surface area contributed by atoms with Crippen molar-refractivity contribution in [1.29, 1.82) is 0 Å².